The van der Waals surface area contributed by atoms with Gasteiger partial charge in [-0.15, -0.1) is 0 Å². The zero-order chi connectivity index (χ0) is 13.8. The van der Waals surface area contributed by atoms with Gasteiger partial charge in [0.2, 0.25) is 0 Å². The van der Waals surface area contributed by atoms with Gasteiger partial charge in [0.25, 0.3) is 0 Å². The molecule has 3 heteroatoms. The minimum absolute atomic E-state index is 0.606. The molecule has 3 rings (SSSR count). The van der Waals surface area contributed by atoms with Crippen LogP contribution in [0.4, 0.5) is 5.69 Å². The molecule has 104 valence electrons. The van der Waals surface area contributed by atoms with Crippen LogP contribution in [0.5, 0.6) is 0 Å². The fourth-order valence-electron chi connectivity index (χ4n) is 2.49. The summed E-state index contributed by atoms with van der Waals surface area (Å²) in [6.07, 6.45) is 1.26. The Morgan fingerprint density at radius 3 is 2.35 bits per heavy atom. The smallest absolute Gasteiger partial charge is 0.0430 e. The number of halogens is 1. The van der Waals surface area contributed by atoms with Gasteiger partial charge < -0.3 is 10.2 Å². The van der Waals surface area contributed by atoms with Gasteiger partial charge >= 0.3 is 0 Å². The van der Waals surface area contributed by atoms with Gasteiger partial charge in [-0.25, -0.2) is 0 Å². The third-order valence-corrected chi connectivity index (χ3v) is 4.03. The van der Waals surface area contributed by atoms with Gasteiger partial charge in [-0.2, -0.15) is 0 Å². The first-order valence-electron chi connectivity index (χ1n) is 7.09. The van der Waals surface area contributed by atoms with Crippen molar-refractivity contribution in [1.29, 1.82) is 0 Å². The van der Waals surface area contributed by atoms with E-state index in [1.165, 1.54) is 17.7 Å². The van der Waals surface area contributed by atoms with Gasteiger partial charge in [0.15, 0.2) is 0 Å². The minimum atomic E-state index is 0.606. The van der Waals surface area contributed by atoms with E-state index in [0.717, 1.165) is 24.7 Å². The normalized spacial score (nSPS) is 17.6. The molecule has 1 heterocycles. The van der Waals surface area contributed by atoms with Crippen LogP contribution in [0, 0.1) is 0 Å². The van der Waals surface area contributed by atoms with Gasteiger partial charge in [-0.1, -0.05) is 41.9 Å². The molecule has 2 aromatic rings. The second kappa shape index (κ2) is 6.29. The second-order valence-electron chi connectivity index (χ2n) is 5.28. The molecule has 1 atom stereocenters. The largest absolute Gasteiger partial charge is 0.366 e. The van der Waals surface area contributed by atoms with Crippen molar-refractivity contribution in [3.05, 3.63) is 65.2 Å². The van der Waals surface area contributed by atoms with E-state index >= 15 is 0 Å². The van der Waals surface area contributed by atoms with Gasteiger partial charge in [-0.3, -0.25) is 0 Å². The van der Waals surface area contributed by atoms with Crippen molar-refractivity contribution in [3.63, 3.8) is 0 Å². The Labute approximate surface area is 125 Å². The molecule has 1 aliphatic heterocycles. The highest BCUT2D eigenvalue weighted by Crippen LogP contribution is 2.21. The number of benzene rings is 2. The molecule has 1 N–H and O–H groups in total. The number of nitrogens with one attached hydrogen (secondary N) is 1. The van der Waals surface area contributed by atoms with Crippen molar-refractivity contribution < 1.29 is 0 Å². The second-order valence-corrected chi connectivity index (χ2v) is 5.72. The lowest BCUT2D eigenvalue weighted by Crippen LogP contribution is -2.50. The SMILES string of the molecule is Clc1ccc(N(Cc2ccccc2)C[C@@H]2CCN2)cc1. The van der Waals surface area contributed by atoms with E-state index in [4.69, 9.17) is 11.6 Å². The summed E-state index contributed by atoms with van der Waals surface area (Å²) in [6.45, 7) is 3.11. The maximum atomic E-state index is 5.99. The lowest BCUT2D eigenvalue weighted by molar-refractivity contribution is 0.369. The van der Waals surface area contributed by atoms with Crippen LogP contribution in [-0.4, -0.2) is 19.1 Å². The van der Waals surface area contributed by atoms with E-state index in [1.54, 1.807) is 0 Å². The molecule has 0 spiro atoms. The van der Waals surface area contributed by atoms with Crippen molar-refractivity contribution in [2.24, 2.45) is 0 Å². The summed E-state index contributed by atoms with van der Waals surface area (Å²) in [6, 6.07) is 19.3. The predicted molar refractivity (Wildman–Crippen MR) is 85.4 cm³/mol. The molecule has 2 nitrogen and oxygen atoms in total. The topological polar surface area (TPSA) is 15.3 Å². The van der Waals surface area contributed by atoms with Crippen LogP contribution in [0.1, 0.15) is 12.0 Å². The van der Waals surface area contributed by atoms with Gasteiger partial charge in [0.05, 0.1) is 0 Å². The van der Waals surface area contributed by atoms with Crippen molar-refractivity contribution in [3.8, 4) is 0 Å². The molecule has 0 amide bonds. The molecule has 1 fully saturated rings. The van der Waals surface area contributed by atoms with Crippen molar-refractivity contribution in [2.45, 2.75) is 19.0 Å². The quantitative estimate of drug-likeness (QED) is 0.901. The average molecular weight is 287 g/mol. The first-order chi connectivity index (χ1) is 9.81. The Morgan fingerprint density at radius 1 is 1.05 bits per heavy atom. The predicted octanol–water partition coefficient (Wildman–Crippen LogP) is 3.71. The van der Waals surface area contributed by atoms with Crippen LogP contribution >= 0.6 is 11.6 Å². The Balaban J connectivity index is 1.77. The number of hydrogen-bond acceptors (Lipinski definition) is 2. The van der Waals surface area contributed by atoms with Crippen LogP contribution in [0.3, 0.4) is 0 Å². The monoisotopic (exact) mass is 286 g/mol. The summed E-state index contributed by atoms with van der Waals surface area (Å²) in [5.74, 6) is 0. The number of nitrogens with zero attached hydrogens (tertiary/aromatic N) is 1. The molecule has 0 aromatic heterocycles. The molecule has 0 bridgehead atoms. The average Bonchev–Trinajstić information content (AvgIpc) is 2.43. The molecular weight excluding hydrogens is 268 g/mol. The summed E-state index contributed by atoms with van der Waals surface area (Å²) in [4.78, 5) is 2.42. The number of hydrogen-bond donors (Lipinski definition) is 1. The third-order valence-electron chi connectivity index (χ3n) is 3.77. The molecule has 1 aliphatic rings. The van der Waals surface area contributed by atoms with Crippen LogP contribution in [-0.2, 0) is 6.54 Å². The molecule has 0 aliphatic carbocycles. The highest BCUT2D eigenvalue weighted by atomic mass is 35.5. The van der Waals surface area contributed by atoms with Crippen LogP contribution in [0.25, 0.3) is 0 Å². The lowest BCUT2D eigenvalue weighted by Gasteiger charge is -2.35. The molecule has 1 saturated heterocycles. The lowest BCUT2D eigenvalue weighted by atomic mass is 10.1. The van der Waals surface area contributed by atoms with E-state index in [9.17, 15) is 0 Å². The zero-order valence-corrected chi connectivity index (χ0v) is 12.2. The summed E-state index contributed by atoms with van der Waals surface area (Å²) in [5.41, 5.74) is 2.56. The minimum Gasteiger partial charge on any atom is -0.366 e. The number of rotatable bonds is 5. The summed E-state index contributed by atoms with van der Waals surface area (Å²) in [5, 5.41) is 4.26. The van der Waals surface area contributed by atoms with E-state index in [-0.39, 0.29) is 0 Å². The van der Waals surface area contributed by atoms with Crippen LogP contribution in [0.2, 0.25) is 5.02 Å². The van der Waals surface area contributed by atoms with Gasteiger partial charge in [-0.05, 0) is 42.8 Å². The highest BCUT2D eigenvalue weighted by molar-refractivity contribution is 6.30. The van der Waals surface area contributed by atoms with E-state index in [2.05, 4.69) is 52.7 Å². The van der Waals surface area contributed by atoms with Crippen molar-refractivity contribution in [2.75, 3.05) is 18.0 Å². The molecular formula is C17H19ClN2. The Morgan fingerprint density at radius 2 is 1.75 bits per heavy atom. The molecule has 20 heavy (non-hydrogen) atoms. The maximum Gasteiger partial charge on any atom is 0.0430 e. The third kappa shape index (κ3) is 3.33. The summed E-state index contributed by atoms with van der Waals surface area (Å²) >= 11 is 5.99. The molecule has 0 unspecified atom stereocenters. The van der Waals surface area contributed by atoms with Crippen LogP contribution in [0.15, 0.2) is 54.6 Å². The van der Waals surface area contributed by atoms with Crippen molar-refractivity contribution >= 4 is 17.3 Å². The fraction of sp³-hybridized carbons (Fsp3) is 0.294. The fourth-order valence-corrected chi connectivity index (χ4v) is 2.61. The standard InChI is InChI=1S/C17H19ClN2/c18-15-6-8-17(9-7-15)20(13-16-10-11-19-16)12-14-4-2-1-3-5-14/h1-9,16,19H,10-13H2/t16-/m0/s1. The highest BCUT2D eigenvalue weighted by Gasteiger charge is 2.20. The van der Waals surface area contributed by atoms with E-state index in [1.807, 2.05) is 12.1 Å². The van der Waals surface area contributed by atoms with Crippen LogP contribution < -0.4 is 10.2 Å². The first-order valence-corrected chi connectivity index (χ1v) is 7.47. The summed E-state index contributed by atoms with van der Waals surface area (Å²) < 4.78 is 0. The van der Waals surface area contributed by atoms with E-state index < -0.39 is 0 Å². The van der Waals surface area contributed by atoms with E-state index in [0.29, 0.717) is 6.04 Å². The summed E-state index contributed by atoms with van der Waals surface area (Å²) in [7, 11) is 0. The molecule has 0 saturated carbocycles. The number of anilines is 1. The van der Waals surface area contributed by atoms with Gasteiger partial charge in [0.1, 0.15) is 0 Å². The Hall–Kier alpha value is -1.51. The maximum absolute atomic E-state index is 5.99. The Bertz CT molecular complexity index is 535. The first kappa shape index (κ1) is 13.5. The van der Waals surface area contributed by atoms with Crippen molar-refractivity contribution in [1.82, 2.24) is 5.32 Å². The van der Waals surface area contributed by atoms with Gasteiger partial charge in [0, 0.05) is 29.8 Å². The molecule has 2 aromatic carbocycles. The Kier molecular flexibility index (Phi) is 4.24. The molecule has 0 radical (unpaired) electrons. The zero-order valence-electron chi connectivity index (χ0n) is 11.4.